The van der Waals surface area contributed by atoms with Crippen LogP contribution in [0.3, 0.4) is 0 Å². The van der Waals surface area contributed by atoms with Gasteiger partial charge in [0.1, 0.15) is 0 Å². The van der Waals surface area contributed by atoms with E-state index in [4.69, 9.17) is 4.99 Å². The predicted octanol–water partition coefficient (Wildman–Crippen LogP) is 4.55. The van der Waals surface area contributed by atoms with Gasteiger partial charge in [-0.1, -0.05) is 50.3 Å². The minimum Gasteiger partial charge on any atom is -0.335 e. The zero-order chi connectivity index (χ0) is 16.1. The van der Waals surface area contributed by atoms with Crippen molar-refractivity contribution in [2.75, 3.05) is 12.3 Å². The molecule has 4 nitrogen and oxygen atoms in total. The molecular formula is C18H31N3OS. The molecule has 130 valence electrons. The van der Waals surface area contributed by atoms with Gasteiger partial charge in [-0.2, -0.15) is 0 Å². The highest BCUT2D eigenvalue weighted by molar-refractivity contribution is 8.13. The van der Waals surface area contributed by atoms with Crippen LogP contribution in [0.25, 0.3) is 0 Å². The first-order valence-electron chi connectivity index (χ1n) is 9.53. The van der Waals surface area contributed by atoms with E-state index in [0.29, 0.717) is 12.6 Å². The van der Waals surface area contributed by atoms with E-state index in [0.717, 1.165) is 23.8 Å². The van der Waals surface area contributed by atoms with E-state index in [9.17, 15) is 4.79 Å². The van der Waals surface area contributed by atoms with Gasteiger partial charge in [-0.3, -0.25) is 9.89 Å². The van der Waals surface area contributed by atoms with Crippen LogP contribution < -0.4 is 5.32 Å². The summed E-state index contributed by atoms with van der Waals surface area (Å²) in [6.07, 6.45) is 13.6. The first-order valence-corrected chi connectivity index (χ1v) is 10.5. The molecule has 1 N–H and O–H groups in total. The smallest absolute Gasteiger partial charge is 0.323 e. The lowest BCUT2D eigenvalue weighted by molar-refractivity contribution is 0.213. The molecule has 0 aromatic heterocycles. The molecule has 2 aliphatic carbocycles. The summed E-state index contributed by atoms with van der Waals surface area (Å²) in [7, 11) is 0. The number of nitrogens with one attached hydrogen (secondary N) is 1. The number of carbonyl (C=O) groups is 1. The highest BCUT2D eigenvalue weighted by Crippen LogP contribution is 2.39. The highest BCUT2D eigenvalue weighted by atomic mass is 32.2. The third-order valence-electron chi connectivity index (χ3n) is 5.64. The standard InChI is InChI=1S/C18H31N3OS/c1-2-21(16(22)19-15-9-5-3-6-10-15)17-20-18(13-14-23-17)11-7-4-8-12-18/h15H,2-14H2,1H3,(H,19,22). The molecule has 0 unspecified atom stereocenters. The van der Waals surface area contributed by atoms with E-state index < -0.39 is 0 Å². The Kier molecular flexibility index (Phi) is 5.89. The fourth-order valence-electron chi connectivity index (χ4n) is 4.20. The van der Waals surface area contributed by atoms with Crippen LogP contribution in [0.15, 0.2) is 4.99 Å². The van der Waals surface area contributed by atoms with Crippen LogP contribution in [0.5, 0.6) is 0 Å². The van der Waals surface area contributed by atoms with Crippen molar-refractivity contribution in [3.8, 4) is 0 Å². The van der Waals surface area contributed by atoms with Crippen LogP contribution in [0.2, 0.25) is 0 Å². The van der Waals surface area contributed by atoms with Crippen LogP contribution >= 0.6 is 11.8 Å². The Morgan fingerprint density at radius 1 is 1.17 bits per heavy atom. The van der Waals surface area contributed by atoms with Crippen LogP contribution in [0, 0.1) is 0 Å². The number of amides is 2. The maximum atomic E-state index is 12.7. The van der Waals surface area contributed by atoms with Gasteiger partial charge >= 0.3 is 6.03 Å². The fraction of sp³-hybridized carbons (Fsp3) is 0.889. The molecule has 3 aliphatic rings. The van der Waals surface area contributed by atoms with Crippen LogP contribution in [-0.4, -0.2) is 40.0 Å². The van der Waals surface area contributed by atoms with Crippen molar-refractivity contribution in [3.63, 3.8) is 0 Å². The molecule has 5 heteroatoms. The van der Waals surface area contributed by atoms with E-state index in [1.165, 1.54) is 57.8 Å². The second-order valence-corrected chi connectivity index (χ2v) is 8.37. The van der Waals surface area contributed by atoms with Crippen molar-refractivity contribution >= 4 is 23.0 Å². The number of hydrogen-bond donors (Lipinski definition) is 1. The largest absolute Gasteiger partial charge is 0.335 e. The first kappa shape index (κ1) is 17.1. The molecule has 2 amide bonds. The van der Waals surface area contributed by atoms with Crippen LogP contribution in [0.1, 0.15) is 77.6 Å². The summed E-state index contributed by atoms with van der Waals surface area (Å²) in [5.74, 6) is 1.10. The van der Waals surface area contributed by atoms with Gasteiger partial charge in [-0.05, 0) is 39.0 Å². The Labute approximate surface area is 144 Å². The van der Waals surface area contributed by atoms with Crippen molar-refractivity contribution in [1.29, 1.82) is 0 Å². The van der Waals surface area contributed by atoms with Crippen molar-refractivity contribution in [1.82, 2.24) is 10.2 Å². The van der Waals surface area contributed by atoms with Gasteiger partial charge < -0.3 is 5.32 Å². The minimum atomic E-state index is 0.0681. The molecule has 0 saturated heterocycles. The number of aliphatic imine (C=N–C) groups is 1. The van der Waals surface area contributed by atoms with Gasteiger partial charge in [-0.15, -0.1) is 0 Å². The Morgan fingerprint density at radius 2 is 1.87 bits per heavy atom. The Hall–Kier alpha value is -0.710. The molecule has 23 heavy (non-hydrogen) atoms. The molecule has 0 aromatic rings. The lowest BCUT2D eigenvalue weighted by Crippen LogP contribution is -2.49. The van der Waals surface area contributed by atoms with E-state index in [2.05, 4.69) is 12.2 Å². The molecular weight excluding hydrogens is 306 g/mol. The van der Waals surface area contributed by atoms with E-state index in [1.54, 1.807) is 11.8 Å². The van der Waals surface area contributed by atoms with E-state index >= 15 is 0 Å². The Balaban J connectivity index is 1.67. The number of carbonyl (C=O) groups excluding carboxylic acids is 1. The first-order chi connectivity index (χ1) is 11.2. The van der Waals surface area contributed by atoms with Gasteiger partial charge in [-0.25, -0.2) is 4.79 Å². The number of thioether (sulfide) groups is 1. The molecule has 1 aliphatic heterocycles. The van der Waals surface area contributed by atoms with Crippen molar-refractivity contribution in [3.05, 3.63) is 0 Å². The third kappa shape index (κ3) is 4.23. The van der Waals surface area contributed by atoms with E-state index in [1.807, 2.05) is 4.90 Å². The summed E-state index contributed by atoms with van der Waals surface area (Å²) in [5.41, 5.74) is 0.136. The Morgan fingerprint density at radius 3 is 2.57 bits per heavy atom. The third-order valence-corrected chi connectivity index (χ3v) is 6.62. The average molecular weight is 338 g/mol. The van der Waals surface area contributed by atoms with Gasteiger partial charge in [0.25, 0.3) is 0 Å². The Bertz CT molecular complexity index is 440. The minimum absolute atomic E-state index is 0.0681. The predicted molar refractivity (Wildman–Crippen MR) is 98.1 cm³/mol. The number of hydrogen-bond acceptors (Lipinski definition) is 3. The maximum absolute atomic E-state index is 12.7. The fourth-order valence-corrected chi connectivity index (χ4v) is 5.49. The molecule has 3 rings (SSSR count). The van der Waals surface area contributed by atoms with Gasteiger partial charge in [0, 0.05) is 18.3 Å². The molecule has 1 heterocycles. The van der Waals surface area contributed by atoms with Crippen LogP contribution in [-0.2, 0) is 0 Å². The normalized spacial score (nSPS) is 25.0. The lowest BCUT2D eigenvalue weighted by Gasteiger charge is -2.39. The summed E-state index contributed by atoms with van der Waals surface area (Å²) < 4.78 is 0. The van der Waals surface area contributed by atoms with Crippen molar-refractivity contribution < 1.29 is 4.79 Å². The molecule has 0 atom stereocenters. The highest BCUT2D eigenvalue weighted by Gasteiger charge is 2.36. The number of rotatable bonds is 2. The average Bonchev–Trinajstić information content (AvgIpc) is 2.57. The molecule has 0 radical (unpaired) electrons. The second-order valence-electron chi connectivity index (χ2n) is 7.31. The van der Waals surface area contributed by atoms with E-state index in [-0.39, 0.29) is 11.6 Å². The van der Waals surface area contributed by atoms with Crippen LogP contribution in [0.4, 0.5) is 4.79 Å². The topological polar surface area (TPSA) is 44.7 Å². The van der Waals surface area contributed by atoms with Crippen molar-refractivity contribution in [2.24, 2.45) is 4.99 Å². The quantitative estimate of drug-likeness (QED) is 0.803. The summed E-state index contributed by atoms with van der Waals surface area (Å²) in [5, 5.41) is 4.22. The second kappa shape index (κ2) is 7.91. The maximum Gasteiger partial charge on any atom is 0.323 e. The summed E-state index contributed by atoms with van der Waals surface area (Å²) in [4.78, 5) is 19.7. The number of amidine groups is 1. The zero-order valence-corrected chi connectivity index (χ0v) is 15.3. The monoisotopic (exact) mass is 337 g/mol. The molecule has 0 aromatic carbocycles. The summed E-state index contributed by atoms with van der Waals surface area (Å²) in [6.45, 7) is 2.77. The lowest BCUT2D eigenvalue weighted by atomic mass is 9.80. The zero-order valence-electron chi connectivity index (χ0n) is 14.5. The summed E-state index contributed by atoms with van der Waals surface area (Å²) in [6, 6.07) is 0.432. The molecule has 1 spiro atoms. The van der Waals surface area contributed by atoms with Gasteiger partial charge in [0.05, 0.1) is 5.54 Å². The number of nitrogens with zero attached hydrogens (tertiary/aromatic N) is 2. The molecule has 2 saturated carbocycles. The number of urea groups is 1. The summed E-state index contributed by atoms with van der Waals surface area (Å²) >= 11 is 1.77. The van der Waals surface area contributed by atoms with Gasteiger partial charge in [0.15, 0.2) is 5.17 Å². The van der Waals surface area contributed by atoms with Crippen molar-refractivity contribution in [2.45, 2.75) is 89.1 Å². The molecule has 0 bridgehead atoms. The molecule has 2 fully saturated rings. The SMILES string of the molecule is CCN(C(=O)NC1CCCCC1)C1=NC2(CCCCC2)CCS1. The van der Waals surface area contributed by atoms with Gasteiger partial charge in [0.2, 0.25) is 0 Å².